The molecular weight excluding hydrogens is 340 g/mol. The largest absolute Gasteiger partial charge is 0.394 e. The van der Waals surface area contributed by atoms with Crippen molar-refractivity contribution in [1.29, 1.82) is 0 Å². The smallest absolute Gasteiger partial charge is 0.162 e. The molecule has 4 aliphatic carbocycles. The van der Waals surface area contributed by atoms with Gasteiger partial charge in [0.05, 0.1) is 13.2 Å². The van der Waals surface area contributed by atoms with Gasteiger partial charge in [-0.25, -0.2) is 0 Å². The van der Waals surface area contributed by atoms with Crippen molar-refractivity contribution in [2.24, 2.45) is 28.6 Å². The van der Waals surface area contributed by atoms with Crippen LogP contribution in [0.4, 0.5) is 0 Å². The molecule has 0 radical (unpaired) electrons. The van der Waals surface area contributed by atoms with Gasteiger partial charge in [0.2, 0.25) is 0 Å². The average Bonchev–Trinajstić information content (AvgIpc) is 2.94. The lowest BCUT2D eigenvalue weighted by atomic mass is 9.48. The first-order chi connectivity index (χ1) is 12.8. The first-order valence-corrected chi connectivity index (χ1v) is 10.5. The van der Waals surface area contributed by atoms with Gasteiger partial charge in [0, 0.05) is 11.8 Å². The van der Waals surface area contributed by atoms with Crippen LogP contribution in [0.25, 0.3) is 0 Å². The Hall–Kier alpha value is -1.26. The van der Waals surface area contributed by atoms with Gasteiger partial charge in [-0.15, -0.1) is 0 Å². The Morgan fingerprint density at radius 2 is 1.96 bits per heavy atom. The van der Waals surface area contributed by atoms with Crippen molar-refractivity contribution in [2.45, 2.75) is 64.9 Å². The average molecular weight is 373 g/mol. The van der Waals surface area contributed by atoms with E-state index in [9.17, 15) is 14.7 Å². The molecule has 0 unspecified atom stereocenters. The maximum Gasteiger partial charge on any atom is 0.162 e. The summed E-state index contributed by atoms with van der Waals surface area (Å²) in [4.78, 5) is 24.7. The van der Waals surface area contributed by atoms with E-state index in [4.69, 9.17) is 4.74 Å². The lowest BCUT2D eigenvalue weighted by Crippen LogP contribution is -2.57. The summed E-state index contributed by atoms with van der Waals surface area (Å²) in [6, 6.07) is 0. The summed E-state index contributed by atoms with van der Waals surface area (Å²) in [6.07, 6.45) is 11.7. The summed E-state index contributed by atoms with van der Waals surface area (Å²) >= 11 is 0. The van der Waals surface area contributed by atoms with Crippen molar-refractivity contribution in [3.63, 3.8) is 0 Å². The van der Waals surface area contributed by atoms with Crippen molar-refractivity contribution >= 4 is 11.6 Å². The van der Waals surface area contributed by atoms with E-state index in [1.54, 1.807) is 6.92 Å². The zero-order valence-corrected chi connectivity index (χ0v) is 16.8. The Balaban J connectivity index is 1.72. The van der Waals surface area contributed by atoms with Gasteiger partial charge in [-0.2, -0.15) is 0 Å². The third-order valence-electron chi connectivity index (χ3n) is 8.64. The van der Waals surface area contributed by atoms with Gasteiger partial charge in [-0.3, -0.25) is 9.59 Å². The molecular formula is C23H32O4. The highest BCUT2D eigenvalue weighted by Gasteiger charge is 2.66. The maximum atomic E-state index is 12.7. The van der Waals surface area contributed by atoms with Crippen molar-refractivity contribution in [3.05, 3.63) is 23.8 Å². The monoisotopic (exact) mass is 372 g/mol. The molecule has 0 spiro atoms. The van der Waals surface area contributed by atoms with Crippen LogP contribution in [0.1, 0.15) is 59.3 Å². The second-order valence-corrected chi connectivity index (χ2v) is 9.58. The number of fused-ring (bicyclic) bond motifs is 5. The van der Waals surface area contributed by atoms with Gasteiger partial charge in [0.1, 0.15) is 5.60 Å². The maximum absolute atomic E-state index is 12.7. The molecule has 2 fully saturated rings. The number of carbonyl (C=O) groups is 2. The van der Waals surface area contributed by atoms with Crippen LogP contribution in [0.2, 0.25) is 0 Å². The predicted molar refractivity (Wildman–Crippen MR) is 103 cm³/mol. The Labute approximate surface area is 162 Å². The molecule has 148 valence electrons. The van der Waals surface area contributed by atoms with Crippen LogP contribution >= 0.6 is 0 Å². The standard InChI is InChI=1S/C23H32O4/c1-15(25)23(27-13-12-24)11-8-20-18-5-4-16-14-17(26)6-9-21(16,2)19(18)7-10-22(20,23)3/h4-5,14,18-20,24H,6-13H2,1-3H3/t18-,19-,20+,21-,22+,23+/m1/s1. The van der Waals surface area contributed by atoms with Crippen LogP contribution in [0.3, 0.4) is 0 Å². The van der Waals surface area contributed by atoms with Crippen molar-refractivity contribution in [1.82, 2.24) is 0 Å². The molecule has 0 aromatic heterocycles. The molecule has 2 saturated carbocycles. The van der Waals surface area contributed by atoms with Gasteiger partial charge in [0.25, 0.3) is 0 Å². The SMILES string of the molecule is CC(=O)[C@@]1(OCCO)CC[C@H]2[C@@H]3C=CC4=CC(=O)CC[C@@]4(C)[C@@H]3CC[C@@]21C. The number of ketones is 2. The molecule has 0 aromatic carbocycles. The molecule has 27 heavy (non-hydrogen) atoms. The summed E-state index contributed by atoms with van der Waals surface area (Å²) in [6.45, 7) is 6.40. The molecule has 1 N–H and O–H groups in total. The third kappa shape index (κ3) is 2.49. The van der Waals surface area contributed by atoms with Crippen LogP contribution in [0.15, 0.2) is 23.8 Å². The normalized spacial score (nSPS) is 45.7. The fourth-order valence-corrected chi connectivity index (χ4v) is 7.13. The van der Waals surface area contributed by atoms with Gasteiger partial charge >= 0.3 is 0 Å². The fourth-order valence-electron chi connectivity index (χ4n) is 7.13. The number of rotatable bonds is 4. The number of carbonyl (C=O) groups excluding carboxylic acids is 2. The third-order valence-corrected chi connectivity index (χ3v) is 8.64. The van der Waals surface area contributed by atoms with E-state index in [1.807, 2.05) is 6.08 Å². The van der Waals surface area contributed by atoms with Crippen LogP contribution in [0.5, 0.6) is 0 Å². The number of hydrogen-bond acceptors (Lipinski definition) is 4. The van der Waals surface area contributed by atoms with E-state index in [0.717, 1.165) is 32.1 Å². The van der Waals surface area contributed by atoms with E-state index in [2.05, 4.69) is 26.0 Å². The molecule has 0 aromatic rings. The minimum atomic E-state index is -0.765. The van der Waals surface area contributed by atoms with Gasteiger partial charge in [0.15, 0.2) is 11.6 Å². The Bertz CT molecular complexity index is 722. The minimum Gasteiger partial charge on any atom is -0.394 e. The first-order valence-electron chi connectivity index (χ1n) is 10.5. The van der Waals surface area contributed by atoms with E-state index in [1.165, 1.54) is 5.57 Å². The quantitative estimate of drug-likeness (QED) is 0.818. The summed E-state index contributed by atoms with van der Waals surface area (Å²) in [5.74, 6) is 1.72. The molecule has 6 atom stereocenters. The van der Waals surface area contributed by atoms with E-state index >= 15 is 0 Å². The van der Waals surface area contributed by atoms with E-state index < -0.39 is 5.60 Å². The molecule has 0 heterocycles. The van der Waals surface area contributed by atoms with Crippen molar-refractivity contribution < 1.29 is 19.4 Å². The van der Waals surface area contributed by atoms with Gasteiger partial charge < -0.3 is 9.84 Å². The lowest BCUT2D eigenvalue weighted by Gasteiger charge is -2.57. The summed E-state index contributed by atoms with van der Waals surface area (Å²) in [5.41, 5.74) is 0.318. The number of aliphatic hydroxyl groups excluding tert-OH is 1. The number of ether oxygens (including phenoxy) is 1. The molecule has 4 heteroatoms. The minimum absolute atomic E-state index is 0.0536. The number of aliphatic hydroxyl groups is 1. The zero-order chi connectivity index (χ0) is 19.4. The first kappa shape index (κ1) is 19.1. The summed E-state index contributed by atoms with van der Waals surface area (Å²) in [7, 11) is 0. The second-order valence-electron chi connectivity index (χ2n) is 9.58. The number of allylic oxidation sites excluding steroid dienone is 4. The molecule has 4 rings (SSSR count). The predicted octanol–water partition coefficient (Wildman–Crippen LogP) is 3.63. The van der Waals surface area contributed by atoms with Crippen LogP contribution in [-0.2, 0) is 14.3 Å². The van der Waals surface area contributed by atoms with E-state index in [0.29, 0.717) is 24.2 Å². The highest BCUT2D eigenvalue weighted by Crippen LogP contribution is 2.67. The molecule has 0 amide bonds. The molecule has 4 nitrogen and oxygen atoms in total. The second kappa shape index (κ2) is 6.38. The summed E-state index contributed by atoms with van der Waals surface area (Å²) < 4.78 is 6.12. The highest BCUT2D eigenvalue weighted by atomic mass is 16.5. The van der Waals surface area contributed by atoms with Crippen molar-refractivity contribution in [2.75, 3.05) is 13.2 Å². The van der Waals surface area contributed by atoms with Gasteiger partial charge in [-0.05, 0) is 73.8 Å². The van der Waals surface area contributed by atoms with Crippen LogP contribution in [-0.4, -0.2) is 35.5 Å². The Morgan fingerprint density at radius 1 is 1.22 bits per heavy atom. The fraction of sp³-hybridized carbons (Fsp3) is 0.739. The van der Waals surface area contributed by atoms with Crippen LogP contribution < -0.4 is 0 Å². The van der Waals surface area contributed by atoms with Gasteiger partial charge in [-0.1, -0.05) is 26.0 Å². The van der Waals surface area contributed by atoms with E-state index in [-0.39, 0.29) is 35.6 Å². The van der Waals surface area contributed by atoms with Crippen LogP contribution in [0, 0.1) is 28.6 Å². The summed E-state index contributed by atoms with van der Waals surface area (Å²) in [5, 5.41) is 9.29. The molecule has 0 aliphatic heterocycles. The number of hydrogen-bond donors (Lipinski definition) is 1. The number of Topliss-reactive ketones (excluding diaryl/α,β-unsaturated/α-hetero) is 1. The molecule has 0 saturated heterocycles. The Kier molecular flexibility index (Phi) is 4.51. The molecule has 4 aliphatic rings. The highest BCUT2D eigenvalue weighted by molar-refractivity contribution is 5.92. The molecule has 0 bridgehead atoms. The van der Waals surface area contributed by atoms with Crippen molar-refractivity contribution in [3.8, 4) is 0 Å². The zero-order valence-electron chi connectivity index (χ0n) is 16.8. The topological polar surface area (TPSA) is 63.6 Å². The Morgan fingerprint density at radius 3 is 2.67 bits per heavy atom. The lowest BCUT2D eigenvalue weighted by molar-refractivity contribution is -0.174.